The standard InChI is InChI=1S/C28H27ClN6/c1-19-7-9-21(10-8-19)28(2,26-15-30-18-35(26)3)22-11-12-25-24(14-22)27(32-17-34-33-16-31-25)20-5-4-6-23(29)13-20/h4-18,27H,1-3H3,(H,31,33)(H,32,34). The minimum absolute atomic E-state index is 0.290. The lowest BCUT2D eigenvalue weighted by atomic mass is 9.72. The van der Waals surface area contributed by atoms with Crippen molar-refractivity contribution < 1.29 is 0 Å². The monoisotopic (exact) mass is 482 g/mol. The van der Waals surface area contributed by atoms with Gasteiger partial charge in [-0.15, -0.1) is 0 Å². The van der Waals surface area contributed by atoms with Gasteiger partial charge in [0.25, 0.3) is 0 Å². The predicted molar refractivity (Wildman–Crippen MR) is 143 cm³/mol. The molecular weight excluding hydrogens is 456 g/mol. The molecule has 1 aromatic heterocycles. The molecule has 0 saturated heterocycles. The third kappa shape index (κ3) is 4.33. The first-order valence-electron chi connectivity index (χ1n) is 11.5. The summed E-state index contributed by atoms with van der Waals surface area (Å²) >= 11 is 6.36. The van der Waals surface area contributed by atoms with Gasteiger partial charge in [-0.2, -0.15) is 0 Å². The number of nitrogens with zero attached hydrogens (tertiary/aromatic N) is 4. The lowest BCUT2D eigenvalue weighted by Crippen LogP contribution is -2.28. The van der Waals surface area contributed by atoms with Crippen molar-refractivity contribution in [1.29, 1.82) is 0 Å². The second-order valence-electron chi connectivity index (χ2n) is 8.94. The number of rotatable bonds is 4. The van der Waals surface area contributed by atoms with Crippen LogP contribution in [0.2, 0.25) is 5.02 Å². The minimum atomic E-state index is -0.449. The van der Waals surface area contributed by atoms with E-state index in [4.69, 9.17) is 16.6 Å². The van der Waals surface area contributed by atoms with Gasteiger partial charge in [-0.3, -0.25) is 15.8 Å². The Kier molecular flexibility index (Phi) is 6.14. The van der Waals surface area contributed by atoms with Gasteiger partial charge in [-0.05, 0) is 54.8 Å². The maximum absolute atomic E-state index is 6.36. The van der Waals surface area contributed by atoms with Gasteiger partial charge in [0.2, 0.25) is 0 Å². The summed E-state index contributed by atoms with van der Waals surface area (Å²) < 4.78 is 2.08. The fourth-order valence-corrected chi connectivity index (χ4v) is 4.90. The van der Waals surface area contributed by atoms with Crippen LogP contribution in [0.5, 0.6) is 0 Å². The maximum Gasteiger partial charge on any atom is 0.107 e. The number of aryl methyl sites for hydroxylation is 2. The van der Waals surface area contributed by atoms with E-state index in [9.17, 15) is 0 Å². The largest absolute Gasteiger partial charge is 0.337 e. The van der Waals surface area contributed by atoms with E-state index in [1.165, 1.54) is 11.1 Å². The van der Waals surface area contributed by atoms with Crippen LogP contribution in [0.1, 0.15) is 46.5 Å². The van der Waals surface area contributed by atoms with Crippen LogP contribution >= 0.6 is 11.6 Å². The molecular formula is C28H27ClN6. The Balaban J connectivity index is 1.75. The minimum Gasteiger partial charge on any atom is -0.337 e. The zero-order valence-corrected chi connectivity index (χ0v) is 20.7. The summed E-state index contributed by atoms with van der Waals surface area (Å²) in [6.07, 6.45) is 7.07. The van der Waals surface area contributed by atoms with Crippen molar-refractivity contribution in [3.05, 3.63) is 118 Å². The molecule has 6 nitrogen and oxygen atoms in total. The number of imidazole rings is 1. The van der Waals surface area contributed by atoms with Gasteiger partial charge in [0, 0.05) is 23.8 Å². The van der Waals surface area contributed by atoms with Crippen molar-refractivity contribution in [2.45, 2.75) is 25.3 Å². The molecule has 2 heterocycles. The average Bonchev–Trinajstić information content (AvgIpc) is 3.33. The van der Waals surface area contributed by atoms with Gasteiger partial charge in [0.15, 0.2) is 0 Å². The molecule has 7 heteroatoms. The Bertz CT molecular complexity index is 1410. The summed E-state index contributed by atoms with van der Waals surface area (Å²) in [4.78, 5) is 13.9. The number of hydrogen-bond donors (Lipinski definition) is 2. The van der Waals surface area contributed by atoms with E-state index < -0.39 is 5.41 Å². The van der Waals surface area contributed by atoms with Crippen LogP contribution < -0.4 is 10.9 Å². The van der Waals surface area contributed by atoms with E-state index in [1.54, 1.807) is 12.7 Å². The van der Waals surface area contributed by atoms with Gasteiger partial charge in [-0.1, -0.05) is 59.6 Å². The Hall–Kier alpha value is -3.90. The Morgan fingerprint density at radius 3 is 2.46 bits per heavy atom. The molecule has 0 amide bonds. The molecule has 1 aliphatic rings. The van der Waals surface area contributed by atoms with E-state index in [-0.39, 0.29) is 6.04 Å². The van der Waals surface area contributed by atoms with Gasteiger partial charge in [-0.25, -0.2) is 9.98 Å². The topological polar surface area (TPSA) is 66.6 Å². The molecule has 2 N–H and O–H groups in total. The normalized spacial score (nSPS) is 16.7. The molecule has 5 rings (SSSR count). The number of nitrogens with one attached hydrogen (secondary N) is 2. The molecule has 2 unspecified atom stereocenters. The zero-order valence-electron chi connectivity index (χ0n) is 19.9. The maximum atomic E-state index is 6.36. The first kappa shape index (κ1) is 22.9. The van der Waals surface area contributed by atoms with Crippen LogP contribution in [0, 0.1) is 6.92 Å². The summed E-state index contributed by atoms with van der Waals surface area (Å²) in [6, 6.07) is 22.7. The first-order chi connectivity index (χ1) is 17.0. The Morgan fingerprint density at radius 1 is 0.943 bits per heavy atom. The second-order valence-corrected chi connectivity index (χ2v) is 9.37. The third-order valence-corrected chi connectivity index (χ3v) is 6.90. The molecule has 35 heavy (non-hydrogen) atoms. The number of hydrazine groups is 1. The van der Waals surface area contributed by atoms with Crippen molar-refractivity contribution in [1.82, 2.24) is 20.4 Å². The highest BCUT2D eigenvalue weighted by atomic mass is 35.5. The molecule has 1 aliphatic heterocycles. The zero-order chi connectivity index (χ0) is 24.4. The lowest BCUT2D eigenvalue weighted by molar-refractivity contribution is 0.624. The van der Waals surface area contributed by atoms with Crippen molar-refractivity contribution in [3.63, 3.8) is 0 Å². The molecule has 0 fully saturated rings. The number of halogens is 1. The van der Waals surface area contributed by atoms with Crippen LogP contribution in [-0.2, 0) is 12.5 Å². The number of benzene rings is 3. The van der Waals surface area contributed by atoms with Gasteiger partial charge < -0.3 is 4.57 Å². The molecule has 3 aromatic carbocycles. The van der Waals surface area contributed by atoms with Crippen LogP contribution in [0.4, 0.5) is 5.69 Å². The molecule has 176 valence electrons. The number of hydrogen-bond acceptors (Lipinski definition) is 5. The highest BCUT2D eigenvalue weighted by molar-refractivity contribution is 6.30. The fourth-order valence-electron chi connectivity index (χ4n) is 4.70. The van der Waals surface area contributed by atoms with Gasteiger partial charge in [0.1, 0.15) is 18.7 Å². The highest BCUT2D eigenvalue weighted by Crippen LogP contribution is 2.43. The summed E-state index contributed by atoms with van der Waals surface area (Å²) in [7, 11) is 2.03. The second kappa shape index (κ2) is 9.39. The molecule has 0 saturated carbocycles. The molecule has 2 atom stereocenters. The number of aromatic nitrogens is 2. The molecule has 4 aromatic rings. The highest BCUT2D eigenvalue weighted by Gasteiger charge is 2.35. The van der Waals surface area contributed by atoms with Crippen LogP contribution in [0.25, 0.3) is 0 Å². The lowest BCUT2D eigenvalue weighted by Gasteiger charge is -2.32. The summed E-state index contributed by atoms with van der Waals surface area (Å²) in [5.74, 6) is 0. The summed E-state index contributed by atoms with van der Waals surface area (Å²) in [6.45, 7) is 4.35. The summed E-state index contributed by atoms with van der Waals surface area (Å²) in [5.41, 5.74) is 12.9. The van der Waals surface area contributed by atoms with Gasteiger partial charge >= 0.3 is 0 Å². The van der Waals surface area contributed by atoms with Gasteiger partial charge in [0.05, 0.1) is 23.1 Å². The van der Waals surface area contributed by atoms with Crippen molar-refractivity contribution in [2.75, 3.05) is 0 Å². The van der Waals surface area contributed by atoms with Crippen LogP contribution in [0.15, 0.2) is 89.2 Å². The summed E-state index contributed by atoms with van der Waals surface area (Å²) in [5, 5.41) is 0.671. The van der Waals surface area contributed by atoms with E-state index in [0.717, 1.165) is 28.1 Å². The van der Waals surface area contributed by atoms with E-state index in [1.807, 2.05) is 43.8 Å². The molecule has 0 radical (unpaired) electrons. The van der Waals surface area contributed by atoms with E-state index in [2.05, 4.69) is 81.7 Å². The number of fused-ring (bicyclic) bond motifs is 1. The predicted octanol–water partition coefficient (Wildman–Crippen LogP) is 5.62. The SMILES string of the molecule is Cc1ccc(C(C)(c2ccc3c(c2)C(c2cccc(Cl)c2)N=CNNC=N3)c2cncn2C)cc1. The Labute approximate surface area is 210 Å². The average molecular weight is 483 g/mol. The van der Waals surface area contributed by atoms with Crippen molar-refractivity contribution in [2.24, 2.45) is 17.0 Å². The molecule has 0 bridgehead atoms. The first-order valence-corrected chi connectivity index (χ1v) is 11.8. The van der Waals surface area contributed by atoms with Crippen molar-refractivity contribution in [3.8, 4) is 0 Å². The number of aliphatic imine (C=N–C) groups is 2. The smallest absolute Gasteiger partial charge is 0.107 e. The Morgan fingerprint density at radius 2 is 1.71 bits per heavy atom. The van der Waals surface area contributed by atoms with E-state index in [0.29, 0.717) is 5.02 Å². The molecule has 0 spiro atoms. The van der Waals surface area contributed by atoms with Crippen molar-refractivity contribution >= 4 is 30.0 Å². The van der Waals surface area contributed by atoms with E-state index >= 15 is 0 Å². The molecule has 0 aliphatic carbocycles. The third-order valence-electron chi connectivity index (χ3n) is 6.66. The fraction of sp³-hybridized carbons (Fsp3) is 0.179. The van der Waals surface area contributed by atoms with Crippen LogP contribution in [-0.4, -0.2) is 22.2 Å². The quantitative estimate of drug-likeness (QED) is 0.396. The van der Waals surface area contributed by atoms with Crippen LogP contribution in [0.3, 0.4) is 0 Å².